The van der Waals surface area contributed by atoms with Gasteiger partial charge >= 0.3 is 5.97 Å². The zero-order valence-corrected chi connectivity index (χ0v) is 14.8. The zero-order chi connectivity index (χ0) is 18.5. The van der Waals surface area contributed by atoms with Gasteiger partial charge in [0.25, 0.3) is 0 Å². The molecule has 0 saturated carbocycles. The number of aliphatic hydroxyl groups is 1. The Balaban J connectivity index is 1.74. The first-order valence-electron chi connectivity index (χ1n) is 8.81. The van der Waals surface area contributed by atoms with Gasteiger partial charge in [0.05, 0.1) is 11.7 Å². The fourth-order valence-electron chi connectivity index (χ4n) is 3.26. The summed E-state index contributed by atoms with van der Waals surface area (Å²) >= 11 is 0. The molecule has 0 saturated heterocycles. The Hall–Kier alpha value is -2.85. The molecule has 0 aliphatic carbocycles. The van der Waals surface area contributed by atoms with Crippen molar-refractivity contribution in [1.82, 2.24) is 0 Å². The van der Waals surface area contributed by atoms with Crippen LogP contribution in [0, 0.1) is 0 Å². The maximum Gasteiger partial charge on any atom is 0.335 e. The third-order valence-electron chi connectivity index (χ3n) is 4.59. The highest BCUT2D eigenvalue weighted by molar-refractivity contribution is 5.94. The maximum atomic E-state index is 10.9. The van der Waals surface area contributed by atoms with E-state index >= 15 is 0 Å². The smallest absolute Gasteiger partial charge is 0.335 e. The second kappa shape index (κ2) is 8.02. The van der Waals surface area contributed by atoms with Crippen LogP contribution in [0.25, 0.3) is 10.8 Å². The summed E-state index contributed by atoms with van der Waals surface area (Å²) in [6, 6.07) is 21.1. The highest BCUT2D eigenvalue weighted by Crippen LogP contribution is 2.27. The van der Waals surface area contributed by atoms with Crippen molar-refractivity contribution in [3.05, 3.63) is 77.9 Å². The van der Waals surface area contributed by atoms with Crippen molar-refractivity contribution in [2.75, 3.05) is 18.0 Å². The van der Waals surface area contributed by atoms with Crippen LogP contribution in [-0.4, -0.2) is 35.4 Å². The number of carbonyl (C=O) groups is 1. The van der Waals surface area contributed by atoms with Crippen molar-refractivity contribution in [2.45, 2.75) is 19.4 Å². The van der Waals surface area contributed by atoms with Gasteiger partial charge in [-0.3, -0.25) is 0 Å². The SMILES string of the molecule is CCN(CC(O)Cc1ccc(C(=O)O)cc1)c1cccc2ccccc12. The minimum absolute atomic E-state index is 0.258. The highest BCUT2D eigenvalue weighted by Gasteiger charge is 2.14. The lowest BCUT2D eigenvalue weighted by Crippen LogP contribution is -2.33. The molecule has 0 amide bonds. The number of likely N-dealkylation sites (N-methyl/N-ethyl adjacent to an activating group) is 1. The van der Waals surface area contributed by atoms with Gasteiger partial charge in [0.15, 0.2) is 0 Å². The van der Waals surface area contributed by atoms with E-state index in [0.717, 1.165) is 17.8 Å². The first-order valence-corrected chi connectivity index (χ1v) is 8.81. The predicted octanol–water partition coefficient (Wildman–Crippen LogP) is 3.97. The molecule has 0 spiro atoms. The van der Waals surface area contributed by atoms with Crippen LogP contribution in [0.3, 0.4) is 0 Å². The van der Waals surface area contributed by atoms with Crippen molar-refractivity contribution in [2.24, 2.45) is 0 Å². The van der Waals surface area contributed by atoms with Gasteiger partial charge in [0.2, 0.25) is 0 Å². The molecule has 134 valence electrons. The van der Waals surface area contributed by atoms with Crippen molar-refractivity contribution < 1.29 is 15.0 Å². The second-order valence-electron chi connectivity index (χ2n) is 6.40. The number of fused-ring (bicyclic) bond motifs is 1. The molecule has 1 atom stereocenters. The molecule has 4 nitrogen and oxygen atoms in total. The predicted molar refractivity (Wildman–Crippen MR) is 105 cm³/mol. The Labute approximate surface area is 153 Å². The largest absolute Gasteiger partial charge is 0.478 e. The lowest BCUT2D eigenvalue weighted by atomic mass is 10.0. The summed E-state index contributed by atoms with van der Waals surface area (Å²) < 4.78 is 0. The van der Waals surface area contributed by atoms with Gasteiger partial charge < -0.3 is 15.1 Å². The van der Waals surface area contributed by atoms with Crippen LogP contribution >= 0.6 is 0 Å². The zero-order valence-electron chi connectivity index (χ0n) is 14.8. The summed E-state index contributed by atoms with van der Waals surface area (Å²) in [5, 5.41) is 21.9. The lowest BCUT2D eigenvalue weighted by molar-refractivity contribution is 0.0697. The Morgan fingerprint density at radius 1 is 1.00 bits per heavy atom. The van der Waals surface area contributed by atoms with Gasteiger partial charge in [0.1, 0.15) is 0 Å². The van der Waals surface area contributed by atoms with Crippen molar-refractivity contribution in [3.63, 3.8) is 0 Å². The summed E-state index contributed by atoms with van der Waals surface area (Å²) in [6.45, 7) is 3.39. The van der Waals surface area contributed by atoms with E-state index in [1.807, 2.05) is 18.2 Å². The average Bonchev–Trinajstić information content (AvgIpc) is 2.66. The molecule has 1 unspecified atom stereocenters. The number of anilines is 1. The molecular weight excluding hydrogens is 326 g/mol. The molecule has 2 N–H and O–H groups in total. The van der Waals surface area contributed by atoms with E-state index in [2.05, 4.69) is 36.1 Å². The van der Waals surface area contributed by atoms with Crippen LogP contribution in [0.4, 0.5) is 5.69 Å². The number of benzene rings is 3. The molecule has 0 bridgehead atoms. The van der Waals surface area contributed by atoms with Crippen LogP contribution in [0.5, 0.6) is 0 Å². The molecule has 0 aliphatic heterocycles. The van der Waals surface area contributed by atoms with E-state index in [4.69, 9.17) is 5.11 Å². The van der Waals surface area contributed by atoms with E-state index in [1.54, 1.807) is 24.3 Å². The normalized spacial score (nSPS) is 12.1. The first kappa shape index (κ1) is 18.0. The van der Waals surface area contributed by atoms with Crippen LogP contribution in [0.1, 0.15) is 22.8 Å². The van der Waals surface area contributed by atoms with Gasteiger partial charge in [-0.15, -0.1) is 0 Å². The van der Waals surface area contributed by atoms with E-state index in [-0.39, 0.29) is 5.56 Å². The molecule has 0 fully saturated rings. The summed E-state index contributed by atoms with van der Waals surface area (Å²) in [7, 11) is 0. The monoisotopic (exact) mass is 349 g/mol. The summed E-state index contributed by atoms with van der Waals surface area (Å²) in [6.07, 6.45) is -0.0501. The van der Waals surface area contributed by atoms with E-state index in [0.29, 0.717) is 13.0 Å². The van der Waals surface area contributed by atoms with Crippen LogP contribution in [0.15, 0.2) is 66.7 Å². The fraction of sp³-hybridized carbons (Fsp3) is 0.227. The summed E-state index contributed by atoms with van der Waals surface area (Å²) in [5.74, 6) is -0.940. The molecule has 0 aliphatic rings. The molecule has 0 radical (unpaired) electrons. The van der Waals surface area contributed by atoms with Crippen molar-refractivity contribution >= 4 is 22.4 Å². The highest BCUT2D eigenvalue weighted by atomic mass is 16.4. The van der Waals surface area contributed by atoms with Gasteiger partial charge in [0, 0.05) is 30.6 Å². The van der Waals surface area contributed by atoms with E-state index in [9.17, 15) is 9.90 Å². The van der Waals surface area contributed by atoms with Crippen molar-refractivity contribution in [3.8, 4) is 0 Å². The minimum atomic E-state index is -0.940. The topological polar surface area (TPSA) is 60.8 Å². The summed E-state index contributed by atoms with van der Waals surface area (Å²) in [5.41, 5.74) is 2.30. The molecule has 26 heavy (non-hydrogen) atoms. The maximum absolute atomic E-state index is 10.9. The van der Waals surface area contributed by atoms with Crippen LogP contribution in [0.2, 0.25) is 0 Å². The number of carboxylic acids is 1. The fourth-order valence-corrected chi connectivity index (χ4v) is 3.26. The Morgan fingerprint density at radius 2 is 1.69 bits per heavy atom. The number of aliphatic hydroxyl groups excluding tert-OH is 1. The second-order valence-corrected chi connectivity index (χ2v) is 6.40. The van der Waals surface area contributed by atoms with E-state index < -0.39 is 12.1 Å². The van der Waals surface area contributed by atoms with Gasteiger partial charge in [-0.05, 0) is 36.1 Å². The van der Waals surface area contributed by atoms with Crippen molar-refractivity contribution in [1.29, 1.82) is 0 Å². The molecule has 3 aromatic carbocycles. The minimum Gasteiger partial charge on any atom is -0.478 e. The third kappa shape index (κ3) is 4.03. The molecule has 0 heterocycles. The molecule has 3 rings (SSSR count). The number of carboxylic acid groups (broad SMARTS) is 1. The van der Waals surface area contributed by atoms with Crippen LogP contribution < -0.4 is 4.90 Å². The molecular formula is C22H23NO3. The van der Waals surface area contributed by atoms with E-state index in [1.165, 1.54) is 10.8 Å². The Morgan fingerprint density at radius 3 is 2.38 bits per heavy atom. The van der Waals surface area contributed by atoms with Crippen LogP contribution in [-0.2, 0) is 6.42 Å². The lowest BCUT2D eigenvalue weighted by Gasteiger charge is -2.27. The van der Waals surface area contributed by atoms with Gasteiger partial charge in [-0.25, -0.2) is 4.79 Å². The quantitative estimate of drug-likeness (QED) is 0.678. The molecule has 0 aromatic heterocycles. The number of nitrogens with zero attached hydrogens (tertiary/aromatic N) is 1. The Bertz CT molecular complexity index is 884. The average molecular weight is 349 g/mol. The number of hydrogen-bond acceptors (Lipinski definition) is 3. The first-order chi connectivity index (χ1) is 12.6. The molecule has 4 heteroatoms. The van der Waals surface area contributed by atoms with Gasteiger partial charge in [-0.2, -0.15) is 0 Å². The standard InChI is InChI=1S/C22H23NO3/c1-2-23(21-9-5-7-17-6-3-4-8-20(17)21)15-19(24)14-16-10-12-18(13-11-16)22(25)26/h3-13,19,24H,2,14-15H2,1H3,(H,25,26). The summed E-state index contributed by atoms with van der Waals surface area (Å²) in [4.78, 5) is 13.1. The van der Waals surface area contributed by atoms with Gasteiger partial charge in [-0.1, -0.05) is 48.5 Å². The molecule has 3 aromatic rings. The number of rotatable bonds is 7. The third-order valence-corrected chi connectivity index (χ3v) is 4.59. The number of aromatic carboxylic acids is 1. The Kier molecular flexibility index (Phi) is 5.54. The number of hydrogen-bond donors (Lipinski definition) is 2.